The number of carbonyl (C=O) groups is 1. The Bertz CT molecular complexity index is 735. The van der Waals surface area contributed by atoms with Crippen molar-refractivity contribution in [2.24, 2.45) is 0 Å². The number of furan rings is 1. The molecule has 1 heterocycles. The number of benzene rings is 2. The maximum Gasteiger partial charge on any atom is 0.291 e. The molecule has 2 aromatic carbocycles. The number of carbonyl (C=O) groups excluding carboxylic acids is 1. The van der Waals surface area contributed by atoms with Gasteiger partial charge in [0.15, 0.2) is 5.76 Å². The van der Waals surface area contributed by atoms with Gasteiger partial charge in [0, 0.05) is 10.2 Å². The maximum atomic E-state index is 11.9. The van der Waals surface area contributed by atoms with Gasteiger partial charge in [-0.15, -0.1) is 0 Å². The van der Waals surface area contributed by atoms with Gasteiger partial charge in [-0.25, -0.2) is 0 Å². The van der Waals surface area contributed by atoms with Crippen molar-refractivity contribution in [2.75, 3.05) is 5.32 Å². The Labute approximate surface area is 118 Å². The monoisotopic (exact) mass is 315 g/mol. The van der Waals surface area contributed by atoms with Crippen LogP contribution in [-0.2, 0) is 0 Å². The summed E-state index contributed by atoms with van der Waals surface area (Å²) in [4.78, 5) is 11.9. The van der Waals surface area contributed by atoms with Crippen LogP contribution < -0.4 is 5.32 Å². The smallest absolute Gasteiger partial charge is 0.291 e. The van der Waals surface area contributed by atoms with Gasteiger partial charge in [-0.1, -0.05) is 34.1 Å². The average Bonchev–Trinajstić information content (AvgIpc) is 2.93. The van der Waals surface area contributed by atoms with Crippen LogP contribution >= 0.6 is 15.9 Å². The third kappa shape index (κ3) is 2.39. The highest BCUT2D eigenvalue weighted by Crippen LogP contribution is 2.26. The molecule has 0 aliphatic carbocycles. The normalized spacial score (nSPS) is 10.6. The van der Waals surface area contributed by atoms with E-state index < -0.39 is 0 Å². The van der Waals surface area contributed by atoms with Crippen molar-refractivity contribution in [3.63, 3.8) is 0 Å². The first-order valence-electron chi connectivity index (χ1n) is 5.77. The van der Waals surface area contributed by atoms with Crippen LogP contribution in [0.15, 0.2) is 63.7 Å². The van der Waals surface area contributed by atoms with Crippen molar-refractivity contribution < 1.29 is 9.21 Å². The van der Waals surface area contributed by atoms with Gasteiger partial charge in [-0.2, -0.15) is 0 Å². The highest BCUT2D eigenvalue weighted by molar-refractivity contribution is 9.10. The topological polar surface area (TPSA) is 42.2 Å². The van der Waals surface area contributed by atoms with Crippen LogP contribution in [0.4, 0.5) is 5.69 Å². The van der Waals surface area contributed by atoms with E-state index in [1.165, 1.54) is 6.26 Å². The van der Waals surface area contributed by atoms with Crippen LogP contribution in [0.5, 0.6) is 0 Å². The summed E-state index contributed by atoms with van der Waals surface area (Å²) in [6.45, 7) is 0. The Morgan fingerprint density at radius 3 is 2.79 bits per heavy atom. The molecule has 0 saturated heterocycles. The van der Waals surface area contributed by atoms with Crippen LogP contribution in [0.25, 0.3) is 10.8 Å². The summed E-state index contributed by atoms with van der Waals surface area (Å²) >= 11 is 3.50. The number of anilines is 1. The second-order valence-corrected chi connectivity index (χ2v) is 4.96. The fourth-order valence-electron chi connectivity index (χ4n) is 1.92. The predicted molar refractivity (Wildman–Crippen MR) is 78.3 cm³/mol. The molecule has 0 aliphatic heterocycles. The van der Waals surface area contributed by atoms with Gasteiger partial charge < -0.3 is 9.73 Å². The molecule has 1 amide bonds. The standard InChI is InChI=1S/C15H10BrNO2/c16-13-4-1-3-10-9-11(6-7-12(10)13)17-15(18)14-5-2-8-19-14/h1-9H,(H,17,18). The highest BCUT2D eigenvalue weighted by atomic mass is 79.9. The zero-order chi connectivity index (χ0) is 13.2. The number of amides is 1. The fraction of sp³-hybridized carbons (Fsp3) is 0. The lowest BCUT2D eigenvalue weighted by Gasteiger charge is -2.06. The molecule has 0 spiro atoms. The van der Waals surface area contributed by atoms with E-state index in [1.807, 2.05) is 36.4 Å². The van der Waals surface area contributed by atoms with Gasteiger partial charge in [0.2, 0.25) is 0 Å². The van der Waals surface area contributed by atoms with Gasteiger partial charge in [0.25, 0.3) is 5.91 Å². The molecular formula is C15H10BrNO2. The third-order valence-electron chi connectivity index (χ3n) is 2.83. The molecule has 0 bridgehead atoms. The SMILES string of the molecule is O=C(Nc1ccc2c(Br)cccc2c1)c1ccco1. The Kier molecular flexibility index (Phi) is 3.09. The summed E-state index contributed by atoms with van der Waals surface area (Å²) in [7, 11) is 0. The van der Waals surface area contributed by atoms with Gasteiger partial charge in [-0.3, -0.25) is 4.79 Å². The lowest BCUT2D eigenvalue weighted by atomic mass is 10.1. The van der Waals surface area contributed by atoms with E-state index in [1.54, 1.807) is 12.1 Å². The fourth-order valence-corrected chi connectivity index (χ4v) is 2.44. The third-order valence-corrected chi connectivity index (χ3v) is 3.52. The lowest BCUT2D eigenvalue weighted by Crippen LogP contribution is -2.10. The molecule has 94 valence electrons. The van der Waals surface area contributed by atoms with Crippen LogP contribution in [0, 0.1) is 0 Å². The van der Waals surface area contributed by atoms with Gasteiger partial charge in [-0.05, 0) is 41.1 Å². The van der Waals surface area contributed by atoms with Crippen molar-refractivity contribution in [2.45, 2.75) is 0 Å². The summed E-state index contributed by atoms with van der Waals surface area (Å²) in [5.41, 5.74) is 0.743. The molecule has 4 heteroatoms. The average molecular weight is 316 g/mol. The Balaban J connectivity index is 1.92. The molecule has 3 rings (SSSR count). The molecule has 3 nitrogen and oxygen atoms in total. The molecule has 0 unspecified atom stereocenters. The quantitative estimate of drug-likeness (QED) is 0.759. The number of nitrogens with one attached hydrogen (secondary N) is 1. The molecule has 1 aromatic heterocycles. The number of rotatable bonds is 2. The minimum Gasteiger partial charge on any atom is -0.459 e. The minimum absolute atomic E-state index is 0.251. The van der Waals surface area contributed by atoms with Gasteiger partial charge >= 0.3 is 0 Å². The maximum absolute atomic E-state index is 11.9. The predicted octanol–water partition coefficient (Wildman–Crippen LogP) is 4.45. The highest BCUT2D eigenvalue weighted by Gasteiger charge is 2.09. The zero-order valence-electron chi connectivity index (χ0n) is 9.89. The molecule has 0 fully saturated rings. The molecule has 0 saturated carbocycles. The molecule has 3 aromatic rings. The summed E-state index contributed by atoms with van der Waals surface area (Å²) in [6, 6.07) is 15.0. The second-order valence-electron chi connectivity index (χ2n) is 4.11. The number of hydrogen-bond acceptors (Lipinski definition) is 2. The summed E-state index contributed by atoms with van der Waals surface area (Å²) < 4.78 is 6.09. The molecule has 0 aliphatic rings. The first-order chi connectivity index (χ1) is 9.24. The number of hydrogen-bond donors (Lipinski definition) is 1. The summed E-state index contributed by atoms with van der Waals surface area (Å²) in [5, 5.41) is 4.98. The van der Waals surface area contributed by atoms with Crippen LogP contribution in [0.2, 0.25) is 0 Å². The van der Waals surface area contributed by atoms with Crippen molar-refractivity contribution in [3.8, 4) is 0 Å². The molecule has 19 heavy (non-hydrogen) atoms. The van der Waals surface area contributed by atoms with E-state index in [4.69, 9.17) is 4.42 Å². The van der Waals surface area contributed by atoms with E-state index >= 15 is 0 Å². The lowest BCUT2D eigenvalue weighted by molar-refractivity contribution is 0.0996. The number of fused-ring (bicyclic) bond motifs is 1. The van der Waals surface area contributed by atoms with E-state index in [9.17, 15) is 4.79 Å². The van der Waals surface area contributed by atoms with E-state index in [2.05, 4.69) is 21.2 Å². The van der Waals surface area contributed by atoms with E-state index in [0.717, 1.165) is 20.9 Å². The zero-order valence-corrected chi connectivity index (χ0v) is 11.5. The number of halogens is 1. The largest absolute Gasteiger partial charge is 0.459 e. The van der Waals surface area contributed by atoms with Gasteiger partial charge in [0.05, 0.1) is 6.26 Å². The van der Waals surface area contributed by atoms with Crippen molar-refractivity contribution in [1.82, 2.24) is 0 Å². The molecule has 0 radical (unpaired) electrons. The van der Waals surface area contributed by atoms with Crippen LogP contribution in [-0.4, -0.2) is 5.91 Å². The van der Waals surface area contributed by atoms with Crippen molar-refractivity contribution in [1.29, 1.82) is 0 Å². The minimum atomic E-state index is -0.251. The molecule has 1 N–H and O–H groups in total. The molecule has 0 atom stereocenters. The van der Waals surface area contributed by atoms with Crippen LogP contribution in [0.3, 0.4) is 0 Å². The first-order valence-corrected chi connectivity index (χ1v) is 6.56. The van der Waals surface area contributed by atoms with Crippen molar-refractivity contribution >= 4 is 38.3 Å². The van der Waals surface area contributed by atoms with E-state index in [-0.39, 0.29) is 5.91 Å². The second kappa shape index (κ2) is 4.90. The summed E-state index contributed by atoms with van der Waals surface area (Å²) in [6.07, 6.45) is 1.48. The Hall–Kier alpha value is -2.07. The molecular weight excluding hydrogens is 306 g/mol. The van der Waals surface area contributed by atoms with Gasteiger partial charge in [0.1, 0.15) is 0 Å². The van der Waals surface area contributed by atoms with Crippen molar-refractivity contribution in [3.05, 3.63) is 65.0 Å². The Morgan fingerprint density at radius 2 is 2.00 bits per heavy atom. The van der Waals surface area contributed by atoms with Crippen LogP contribution in [0.1, 0.15) is 10.6 Å². The first kappa shape index (κ1) is 12.0. The van der Waals surface area contributed by atoms with E-state index in [0.29, 0.717) is 5.76 Å². The Morgan fingerprint density at radius 1 is 1.11 bits per heavy atom. The summed E-state index contributed by atoms with van der Waals surface area (Å²) in [5.74, 6) is 0.0497.